The van der Waals surface area contributed by atoms with Crippen LogP contribution in [0.5, 0.6) is 11.5 Å². The number of hydrogen-bond donors (Lipinski definition) is 0. The van der Waals surface area contributed by atoms with E-state index in [-0.39, 0.29) is 11.5 Å². The van der Waals surface area contributed by atoms with Gasteiger partial charge in [-0.05, 0) is 58.9 Å². The van der Waals surface area contributed by atoms with E-state index in [4.69, 9.17) is 13.9 Å². The van der Waals surface area contributed by atoms with Crippen molar-refractivity contribution in [3.05, 3.63) is 92.6 Å². The molecule has 2 rings (SSSR count). The first-order valence-electron chi connectivity index (χ1n) is 11.6. The normalized spacial score (nSPS) is 12.6. The number of carbonyl (C=O) groups is 1. The Bertz CT molecular complexity index is 1120. The van der Waals surface area contributed by atoms with E-state index < -0.39 is 11.6 Å². The third-order valence-corrected chi connectivity index (χ3v) is 5.57. The molecule has 0 radical (unpaired) electrons. The summed E-state index contributed by atoms with van der Waals surface area (Å²) in [5.41, 5.74) is 5.19. The second-order valence-electron chi connectivity index (χ2n) is 8.65. The molecule has 0 spiro atoms. The molecule has 0 fully saturated rings. The van der Waals surface area contributed by atoms with Crippen molar-refractivity contribution in [2.75, 3.05) is 7.11 Å². The van der Waals surface area contributed by atoms with Crippen molar-refractivity contribution >= 4 is 5.97 Å². The second-order valence-corrected chi connectivity index (χ2v) is 8.65. The molecule has 1 aromatic carbocycles. The Morgan fingerprint density at radius 3 is 2.21 bits per heavy atom. The molecule has 0 aliphatic heterocycles. The molecule has 0 aliphatic carbocycles. The molecule has 0 unspecified atom stereocenters. The number of rotatable bonds is 11. The van der Waals surface area contributed by atoms with Crippen LogP contribution < -0.4 is 15.1 Å². The molecule has 0 saturated carbocycles. The Balaban J connectivity index is 1.94. The van der Waals surface area contributed by atoms with E-state index in [1.165, 1.54) is 36.3 Å². The van der Waals surface area contributed by atoms with Gasteiger partial charge in [-0.2, -0.15) is 0 Å². The minimum absolute atomic E-state index is 0.0918. The Hall–Kier alpha value is -3.34. The largest absolute Gasteiger partial charge is 0.487 e. The van der Waals surface area contributed by atoms with Gasteiger partial charge < -0.3 is 13.9 Å². The van der Waals surface area contributed by atoms with Crippen LogP contribution in [0.15, 0.2) is 74.5 Å². The van der Waals surface area contributed by atoms with Crippen molar-refractivity contribution in [2.45, 2.75) is 66.7 Å². The molecule has 1 aromatic heterocycles. The topological polar surface area (TPSA) is 65.7 Å². The first-order chi connectivity index (χ1) is 16.2. The molecule has 5 nitrogen and oxygen atoms in total. The van der Waals surface area contributed by atoms with Crippen LogP contribution in [0.1, 0.15) is 63.8 Å². The van der Waals surface area contributed by atoms with Gasteiger partial charge in [0.05, 0.1) is 7.11 Å². The first kappa shape index (κ1) is 26.9. The highest BCUT2D eigenvalue weighted by atomic mass is 16.6. The summed E-state index contributed by atoms with van der Waals surface area (Å²) in [7, 11) is 1.35. The lowest BCUT2D eigenvalue weighted by atomic mass is 10.0. The molecular formula is C29H36O5. The lowest BCUT2D eigenvalue weighted by molar-refractivity contribution is -0.132. The summed E-state index contributed by atoms with van der Waals surface area (Å²) < 4.78 is 15.7. The van der Waals surface area contributed by atoms with Crippen LogP contribution in [-0.4, -0.2) is 13.1 Å². The molecule has 182 valence electrons. The van der Waals surface area contributed by atoms with Crippen LogP contribution in [0.2, 0.25) is 0 Å². The molecular weight excluding hydrogens is 428 g/mol. The Morgan fingerprint density at radius 1 is 0.912 bits per heavy atom. The SMILES string of the molecule is COc1c(OC(C)=O)c(C)c(C/C=C(\C)CC/C=C(/C)C/C(C)=C/Cc2ccccc2)oc1=O. The highest BCUT2D eigenvalue weighted by molar-refractivity contribution is 5.71. The average Bonchev–Trinajstić information content (AvgIpc) is 2.79. The van der Waals surface area contributed by atoms with Crippen molar-refractivity contribution < 1.29 is 18.7 Å². The van der Waals surface area contributed by atoms with E-state index in [1.54, 1.807) is 6.92 Å². The quantitative estimate of drug-likeness (QED) is 0.274. The molecule has 0 saturated heterocycles. The second kappa shape index (κ2) is 13.4. The number of carbonyl (C=O) groups excluding carboxylic acids is 1. The predicted octanol–water partition coefficient (Wildman–Crippen LogP) is 6.68. The molecule has 5 heteroatoms. The van der Waals surface area contributed by atoms with Crippen LogP contribution in [0.4, 0.5) is 0 Å². The third-order valence-electron chi connectivity index (χ3n) is 5.57. The number of esters is 1. The highest BCUT2D eigenvalue weighted by Crippen LogP contribution is 2.30. The Morgan fingerprint density at radius 2 is 1.56 bits per heavy atom. The number of methoxy groups -OCH3 is 1. The van der Waals surface area contributed by atoms with E-state index >= 15 is 0 Å². The summed E-state index contributed by atoms with van der Waals surface area (Å²) >= 11 is 0. The monoisotopic (exact) mass is 464 g/mol. The van der Waals surface area contributed by atoms with Gasteiger partial charge in [-0.25, -0.2) is 4.79 Å². The minimum Gasteiger partial charge on any atom is -0.487 e. The molecule has 34 heavy (non-hydrogen) atoms. The molecule has 1 heterocycles. The lowest BCUT2D eigenvalue weighted by Crippen LogP contribution is -2.13. The molecule has 0 aliphatic rings. The third kappa shape index (κ3) is 8.54. The maximum Gasteiger partial charge on any atom is 0.382 e. The van der Waals surface area contributed by atoms with Gasteiger partial charge in [0.1, 0.15) is 5.76 Å². The molecule has 2 aromatic rings. The maximum absolute atomic E-state index is 12.2. The van der Waals surface area contributed by atoms with Crippen LogP contribution in [0.25, 0.3) is 0 Å². The van der Waals surface area contributed by atoms with E-state index in [0.29, 0.717) is 17.7 Å². The number of benzene rings is 1. The minimum atomic E-state index is -0.653. The zero-order valence-corrected chi connectivity index (χ0v) is 21.2. The fourth-order valence-corrected chi connectivity index (χ4v) is 3.67. The van der Waals surface area contributed by atoms with Gasteiger partial charge in [0.25, 0.3) is 0 Å². The van der Waals surface area contributed by atoms with E-state index in [2.05, 4.69) is 57.2 Å². The number of ether oxygens (including phenoxy) is 2. The molecule has 0 bridgehead atoms. The van der Waals surface area contributed by atoms with E-state index in [0.717, 1.165) is 25.7 Å². The Kier molecular flexibility index (Phi) is 10.6. The van der Waals surface area contributed by atoms with Crippen molar-refractivity contribution in [1.29, 1.82) is 0 Å². The van der Waals surface area contributed by atoms with Gasteiger partial charge in [0, 0.05) is 18.9 Å². The Labute approximate surface area is 202 Å². The van der Waals surface area contributed by atoms with Gasteiger partial charge in [-0.3, -0.25) is 4.79 Å². The van der Waals surface area contributed by atoms with Gasteiger partial charge in [-0.1, -0.05) is 65.3 Å². The summed E-state index contributed by atoms with van der Waals surface area (Å²) in [5, 5.41) is 0. The fourth-order valence-electron chi connectivity index (χ4n) is 3.67. The van der Waals surface area contributed by atoms with Gasteiger partial charge in [-0.15, -0.1) is 0 Å². The van der Waals surface area contributed by atoms with Gasteiger partial charge in [0.15, 0.2) is 5.75 Å². The number of allylic oxidation sites excluding steroid dienone is 6. The van der Waals surface area contributed by atoms with Crippen LogP contribution >= 0.6 is 0 Å². The predicted molar refractivity (Wildman–Crippen MR) is 137 cm³/mol. The zero-order chi connectivity index (χ0) is 25.1. The van der Waals surface area contributed by atoms with Crippen molar-refractivity contribution in [2.24, 2.45) is 0 Å². The van der Waals surface area contributed by atoms with Crippen molar-refractivity contribution in [3.63, 3.8) is 0 Å². The van der Waals surface area contributed by atoms with Gasteiger partial charge >= 0.3 is 11.6 Å². The average molecular weight is 465 g/mol. The van der Waals surface area contributed by atoms with Crippen LogP contribution in [-0.2, 0) is 17.6 Å². The first-order valence-corrected chi connectivity index (χ1v) is 11.6. The van der Waals surface area contributed by atoms with Gasteiger partial charge in [0.2, 0.25) is 5.75 Å². The summed E-state index contributed by atoms with van der Waals surface area (Å²) in [5.74, 6) is -0.0169. The van der Waals surface area contributed by atoms with Crippen molar-refractivity contribution in [1.82, 2.24) is 0 Å². The smallest absolute Gasteiger partial charge is 0.382 e. The lowest BCUT2D eigenvalue weighted by Gasteiger charge is -2.12. The van der Waals surface area contributed by atoms with Crippen LogP contribution in [0.3, 0.4) is 0 Å². The summed E-state index contributed by atoms with van der Waals surface area (Å²) in [6, 6.07) is 10.5. The highest BCUT2D eigenvalue weighted by Gasteiger charge is 2.20. The fraction of sp³-hybridized carbons (Fsp3) is 0.379. The summed E-state index contributed by atoms with van der Waals surface area (Å²) in [6.07, 6.45) is 10.9. The standard InChI is InChI=1S/C29H36O5/c1-20(11-10-12-21(2)19-22(3)15-17-25-13-8-7-9-14-25)16-18-26-23(4)27(33-24(5)30)28(32-6)29(31)34-26/h7-9,12-16H,10-11,17-19H2,1-6H3/b20-16+,21-12-,22-15+. The van der Waals surface area contributed by atoms with E-state index in [9.17, 15) is 9.59 Å². The summed E-state index contributed by atoms with van der Waals surface area (Å²) in [4.78, 5) is 23.6. The number of hydrogen-bond acceptors (Lipinski definition) is 5. The summed E-state index contributed by atoms with van der Waals surface area (Å²) in [6.45, 7) is 9.46. The molecule has 0 N–H and O–H groups in total. The van der Waals surface area contributed by atoms with Crippen LogP contribution in [0, 0.1) is 6.92 Å². The molecule has 0 amide bonds. The van der Waals surface area contributed by atoms with E-state index in [1.807, 2.05) is 12.1 Å². The molecule has 0 atom stereocenters. The zero-order valence-electron chi connectivity index (χ0n) is 21.2. The van der Waals surface area contributed by atoms with Crippen molar-refractivity contribution in [3.8, 4) is 11.5 Å². The maximum atomic E-state index is 12.2.